The van der Waals surface area contributed by atoms with Gasteiger partial charge in [0.25, 0.3) is 0 Å². The minimum atomic E-state index is -4.47. The average molecular weight is 899 g/mol. The number of ether oxygens (including phenoxy) is 2. The van der Waals surface area contributed by atoms with E-state index < -0.39 is 20.2 Å². The molecule has 0 atom stereocenters. The summed E-state index contributed by atoms with van der Waals surface area (Å²) in [5.41, 5.74) is 4.92. The summed E-state index contributed by atoms with van der Waals surface area (Å²) < 4.78 is 81.8. The van der Waals surface area contributed by atoms with Gasteiger partial charge in [0, 0.05) is 33.3 Å². The summed E-state index contributed by atoms with van der Waals surface area (Å²) in [5, 5.41) is 11.2. The predicted octanol–water partition coefficient (Wildman–Crippen LogP) is 10.3. The summed E-state index contributed by atoms with van der Waals surface area (Å²) in [7, 11) is -8.93. The van der Waals surface area contributed by atoms with Gasteiger partial charge in [-0.15, -0.1) is 22.7 Å². The third-order valence-corrected chi connectivity index (χ3v) is 14.6. The molecule has 0 bridgehead atoms. The Kier molecular flexibility index (Phi) is 10.2. The lowest BCUT2D eigenvalue weighted by Gasteiger charge is -2.16. The van der Waals surface area contributed by atoms with E-state index in [0.29, 0.717) is 88.3 Å². The first-order valence-corrected chi connectivity index (χ1v) is 22.2. The number of nitrogens with zero attached hydrogens (tertiary/aromatic N) is 4. The molecule has 0 unspecified atom stereocenters. The Balaban J connectivity index is 1.04. The van der Waals surface area contributed by atoms with Crippen molar-refractivity contribution in [3.63, 3.8) is 0 Å². The second-order valence-corrected chi connectivity index (χ2v) is 19.3. The quantitative estimate of drug-likeness (QED) is 0.0999. The summed E-state index contributed by atoms with van der Waals surface area (Å²) >= 11 is 27.2. The zero-order valence-electron chi connectivity index (χ0n) is 27.7. The molecule has 0 saturated heterocycles. The second-order valence-electron chi connectivity index (χ2n) is 12.2. The van der Waals surface area contributed by atoms with E-state index in [-0.39, 0.29) is 21.6 Å². The first-order chi connectivity index (χ1) is 26.2. The number of hydrogen-bond donors (Lipinski definition) is 2. The molecule has 284 valence electrons. The minimum Gasteiger partial charge on any atom is -0.487 e. The minimum absolute atomic E-state index is 0.115. The van der Waals surface area contributed by atoms with Gasteiger partial charge in [-0.2, -0.15) is 27.0 Å². The van der Waals surface area contributed by atoms with Crippen LogP contribution in [0.25, 0.3) is 44.7 Å². The Bertz CT molecular complexity index is 2630. The van der Waals surface area contributed by atoms with Crippen molar-refractivity contribution < 1.29 is 35.4 Å². The lowest BCUT2D eigenvalue weighted by Crippen LogP contribution is -2.06. The normalized spacial score (nSPS) is 13.8. The summed E-state index contributed by atoms with van der Waals surface area (Å²) in [4.78, 5) is 0.972. The largest absolute Gasteiger partial charge is 0.487 e. The van der Waals surface area contributed by atoms with Crippen LogP contribution in [0.2, 0.25) is 20.1 Å². The van der Waals surface area contributed by atoms with Crippen LogP contribution in [0.4, 0.5) is 0 Å². The molecule has 12 nitrogen and oxygen atoms in total. The van der Waals surface area contributed by atoms with Crippen molar-refractivity contribution >= 4 is 101 Å². The first-order valence-electron chi connectivity index (χ1n) is 16.1. The highest BCUT2D eigenvalue weighted by molar-refractivity contribution is 7.88. The fraction of sp³-hybridized carbons (Fsp3) is 0.143. The number of thiophene rings is 2. The van der Waals surface area contributed by atoms with Crippen molar-refractivity contribution in [2.24, 2.45) is 0 Å². The van der Waals surface area contributed by atoms with Crippen LogP contribution in [0.5, 0.6) is 11.5 Å². The van der Waals surface area contributed by atoms with Gasteiger partial charge >= 0.3 is 20.2 Å². The fourth-order valence-corrected chi connectivity index (χ4v) is 10.8. The monoisotopic (exact) mass is 896 g/mol. The van der Waals surface area contributed by atoms with Crippen molar-refractivity contribution in [2.75, 3.05) is 0 Å². The topological polar surface area (TPSA) is 163 Å². The van der Waals surface area contributed by atoms with E-state index in [1.807, 2.05) is 24.3 Å². The molecule has 20 heteroatoms. The zero-order valence-corrected chi connectivity index (χ0v) is 34.0. The lowest BCUT2D eigenvalue weighted by atomic mass is 10.1. The van der Waals surface area contributed by atoms with Crippen LogP contribution in [-0.4, -0.2) is 45.5 Å². The molecule has 0 spiro atoms. The Morgan fingerprint density at radius 1 is 0.673 bits per heavy atom. The van der Waals surface area contributed by atoms with Gasteiger partial charge in [-0.05, 0) is 67.8 Å². The third kappa shape index (κ3) is 7.36. The van der Waals surface area contributed by atoms with Crippen LogP contribution in [0.15, 0.2) is 69.1 Å². The van der Waals surface area contributed by atoms with Crippen molar-refractivity contribution in [1.82, 2.24) is 19.6 Å². The molecule has 2 aromatic carbocycles. The second kappa shape index (κ2) is 14.7. The van der Waals surface area contributed by atoms with Crippen molar-refractivity contribution in [3.8, 4) is 44.0 Å². The molecule has 0 radical (unpaired) electrons. The van der Waals surface area contributed by atoms with E-state index in [9.17, 15) is 25.9 Å². The van der Waals surface area contributed by atoms with E-state index in [0.717, 1.165) is 40.2 Å². The highest BCUT2D eigenvalue weighted by atomic mass is 35.5. The highest BCUT2D eigenvalue weighted by Crippen LogP contribution is 2.49. The van der Waals surface area contributed by atoms with Gasteiger partial charge in [-0.1, -0.05) is 58.6 Å². The third-order valence-electron chi connectivity index (χ3n) is 8.63. The van der Waals surface area contributed by atoms with Crippen molar-refractivity contribution in [2.45, 2.75) is 40.9 Å². The molecule has 2 aliphatic heterocycles. The molecule has 8 rings (SSSR count). The smallest absolute Gasteiger partial charge is 0.304 e. The number of benzene rings is 2. The average Bonchev–Trinajstić information content (AvgIpc) is 3.90. The van der Waals surface area contributed by atoms with E-state index in [2.05, 4.69) is 0 Å². The molecule has 0 amide bonds. The maximum absolute atomic E-state index is 12.0. The number of rotatable bonds is 10. The van der Waals surface area contributed by atoms with Crippen molar-refractivity contribution in [1.29, 1.82) is 0 Å². The van der Waals surface area contributed by atoms with E-state index >= 15 is 0 Å². The SMILES string of the molecule is O=S(=O)(O)c1cc2c(s1)-c1c(c(/C=C/CCC/C=C/c3nn(-c4ccc(Cl)cc4Cl)c4c3COc3cc(S(=O)(=O)O)sc3-4)nn1-c1ccc(Cl)cc1Cl)CO2. The molecule has 2 N–H and O–H groups in total. The van der Waals surface area contributed by atoms with E-state index in [1.165, 1.54) is 12.1 Å². The molecule has 55 heavy (non-hydrogen) atoms. The summed E-state index contributed by atoms with van der Waals surface area (Å²) in [6.45, 7) is 0.229. The Morgan fingerprint density at radius 2 is 1.09 bits per heavy atom. The summed E-state index contributed by atoms with van der Waals surface area (Å²) in [6.07, 6.45) is 9.83. The predicted molar refractivity (Wildman–Crippen MR) is 214 cm³/mol. The molecular weight excluding hydrogens is 874 g/mol. The zero-order chi connectivity index (χ0) is 38.8. The molecular formula is C35H24Cl4N4O8S4. The van der Waals surface area contributed by atoms with Gasteiger partial charge in [-0.25, -0.2) is 9.36 Å². The Morgan fingerprint density at radius 3 is 1.47 bits per heavy atom. The van der Waals surface area contributed by atoms with Crippen molar-refractivity contribution in [3.05, 3.63) is 103 Å². The molecule has 2 aliphatic rings. The van der Waals surface area contributed by atoms with Crippen LogP contribution >= 0.6 is 69.1 Å². The first kappa shape index (κ1) is 38.2. The molecule has 6 aromatic rings. The molecule has 0 fully saturated rings. The van der Waals surface area contributed by atoms with Gasteiger partial charge in [0.15, 0.2) is 8.42 Å². The lowest BCUT2D eigenvalue weighted by molar-refractivity contribution is 0.303. The Hall–Kier alpha value is -3.68. The van der Waals surface area contributed by atoms with Crippen LogP contribution < -0.4 is 9.47 Å². The molecule has 0 saturated carbocycles. The number of aromatic nitrogens is 4. The van der Waals surface area contributed by atoms with Crippen LogP contribution in [0.3, 0.4) is 0 Å². The standard InChI is InChI=1S/C35H24Cl4N4O8S4/c36-18-8-10-26(22(38)12-18)42-32-20(16-50-28-14-30(52-34(28)32)54(44,45)46)24(40-42)6-4-2-1-3-5-7-25-21-17-51-29-15-31(55(47,48)49)53-35(29)33(21)43(41-25)27-11-9-19(37)13-23(27)39/h4-15H,1-3,16-17H2,(H,44,45,46)(H,47,48,49)/b6-4+,7-5+. The summed E-state index contributed by atoms with van der Waals surface area (Å²) in [6, 6.07) is 12.6. The number of halogens is 4. The van der Waals surface area contributed by atoms with Gasteiger partial charge in [0.2, 0.25) is 0 Å². The maximum Gasteiger partial charge on any atom is 0.304 e. The fourth-order valence-electron chi connectivity index (χ4n) is 6.16. The summed E-state index contributed by atoms with van der Waals surface area (Å²) in [5.74, 6) is 0.623. The molecule has 4 aromatic heterocycles. The van der Waals surface area contributed by atoms with Crippen LogP contribution in [0.1, 0.15) is 41.8 Å². The maximum atomic E-state index is 12.0. The molecule has 6 heterocycles. The number of hydrogen-bond acceptors (Lipinski definition) is 10. The number of fused-ring (bicyclic) bond motifs is 6. The van der Waals surface area contributed by atoms with Crippen LogP contribution in [0, 0.1) is 0 Å². The van der Waals surface area contributed by atoms with Gasteiger partial charge in [0.05, 0.1) is 54.0 Å². The molecule has 0 aliphatic carbocycles. The van der Waals surface area contributed by atoms with Gasteiger partial charge < -0.3 is 9.47 Å². The highest BCUT2D eigenvalue weighted by Gasteiger charge is 2.33. The number of allylic oxidation sites excluding steroid dienone is 2. The van der Waals surface area contributed by atoms with Gasteiger partial charge in [-0.3, -0.25) is 9.11 Å². The van der Waals surface area contributed by atoms with Gasteiger partial charge in [0.1, 0.15) is 24.7 Å². The van der Waals surface area contributed by atoms with E-state index in [4.69, 9.17) is 66.1 Å². The van der Waals surface area contributed by atoms with Crippen LogP contribution in [-0.2, 0) is 33.5 Å². The Labute approximate surface area is 342 Å². The van der Waals surface area contributed by atoms with E-state index in [1.54, 1.807) is 45.8 Å². The number of unbranched alkanes of at least 4 members (excludes halogenated alkanes) is 2.